The molecule has 2 aromatic carbocycles. The molecule has 1 unspecified atom stereocenters. The van der Waals surface area contributed by atoms with E-state index in [9.17, 15) is 13.9 Å². The van der Waals surface area contributed by atoms with Crippen molar-refractivity contribution in [2.75, 3.05) is 6.61 Å². The number of hydrogen-bond donors (Lipinski definition) is 1. The number of rotatable bonds is 3. The Morgan fingerprint density at radius 2 is 2.05 bits per heavy atom. The fourth-order valence-electron chi connectivity index (χ4n) is 2.68. The van der Waals surface area contributed by atoms with Gasteiger partial charge in [-0.05, 0) is 30.0 Å². The molecule has 0 saturated carbocycles. The molecule has 0 aliphatic carbocycles. The first kappa shape index (κ1) is 14.0. The molecule has 4 heteroatoms. The monoisotopic (exact) mass is 290 g/mol. The summed E-state index contributed by atoms with van der Waals surface area (Å²) in [5.74, 6) is -0.551. The minimum atomic E-state index is -0.877. The van der Waals surface area contributed by atoms with Crippen molar-refractivity contribution < 1.29 is 18.6 Å². The zero-order valence-electron chi connectivity index (χ0n) is 11.5. The molecule has 0 bridgehead atoms. The van der Waals surface area contributed by atoms with Crippen LogP contribution in [0.2, 0.25) is 0 Å². The predicted octanol–water partition coefficient (Wildman–Crippen LogP) is 3.57. The van der Waals surface area contributed by atoms with Crippen molar-refractivity contribution in [1.29, 1.82) is 0 Å². The van der Waals surface area contributed by atoms with Gasteiger partial charge < -0.3 is 9.84 Å². The van der Waals surface area contributed by atoms with Crippen molar-refractivity contribution in [3.8, 4) is 5.75 Å². The molecular weight excluding hydrogens is 274 g/mol. The van der Waals surface area contributed by atoms with E-state index in [4.69, 9.17) is 4.74 Å². The highest BCUT2D eigenvalue weighted by Gasteiger charge is 2.20. The van der Waals surface area contributed by atoms with Gasteiger partial charge in [-0.2, -0.15) is 0 Å². The van der Waals surface area contributed by atoms with Gasteiger partial charge in [-0.15, -0.1) is 0 Å². The highest BCUT2D eigenvalue weighted by molar-refractivity contribution is 5.44. The molecule has 1 N–H and O–H groups in total. The summed E-state index contributed by atoms with van der Waals surface area (Å²) in [4.78, 5) is 0. The minimum absolute atomic E-state index is 0.0892. The zero-order chi connectivity index (χ0) is 14.8. The molecular formula is C17H16F2O2. The summed E-state index contributed by atoms with van der Waals surface area (Å²) < 4.78 is 32.2. The Morgan fingerprint density at radius 1 is 1.19 bits per heavy atom. The first-order valence-corrected chi connectivity index (χ1v) is 7.02. The fourth-order valence-corrected chi connectivity index (χ4v) is 2.68. The maximum Gasteiger partial charge on any atom is 0.129 e. The van der Waals surface area contributed by atoms with E-state index in [1.54, 1.807) is 6.07 Å². The third kappa shape index (κ3) is 2.90. The summed E-state index contributed by atoms with van der Waals surface area (Å²) >= 11 is 0. The Labute approximate surface area is 122 Å². The summed E-state index contributed by atoms with van der Waals surface area (Å²) in [5.41, 5.74) is 2.02. The number of aliphatic hydroxyl groups excluding tert-OH is 1. The van der Waals surface area contributed by atoms with Gasteiger partial charge in [0, 0.05) is 18.1 Å². The largest absolute Gasteiger partial charge is 0.493 e. The van der Waals surface area contributed by atoms with Crippen LogP contribution < -0.4 is 4.74 Å². The van der Waals surface area contributed by atoms with Gasteiger partial charge in [-0.3, -0.25) is 0 Å². The Hall–Kier alpha value is -1.94. The Kier molecular flexibility index (Phi) is 3.88. The summed E-state index contributed by atoms with van der Waals surface area (Å²) in [5, 5.41) is 10.4. The molecule has 0 aromatic heterocycles. The standard InChI is InChI=1S/C17H16F2O2/c18-13-7-6-12(15(19)10-13)9-16(20)14-5-1-3-11-4-2-8-21-17(11)14/h1,3,5-7,10,16,20H,2,4,8-9H2. The first-order chi connectivity index (χ1) is 10.1. The second kappa shape index (κ2) is 5.82. The van der Waals surface area contributed by atoms with Crippen molar-refractivity contribution in [3.05, 3.63) is 64.7 Å². The van der Waals surface area contributed by atoms with Crippen molar-refractivity contribution in [3.63, 3.8) is 0 Å². The van der Waals surface area contributed by atoms with Gasteiger partial charge in [0.15, 0.2) is 0 Å². The Morgan fingerprint density at radius 3 is 2.86 bits per heavy atom. The number of ether oxygens (including phenoxy) is 1. The molecule has 0 radical (unpaired) electrons. The smallest absolute Gasteiger partial charge is 0.129 e. The van der Waals surface area contributed by atoms with Gasteiger partial charge in [0.05, 0.1) is 12.7 Å². The topological polar surface area (TPSA) is 29.5 Å². The first-order valence-electron chi connectivity index (χ1n) is 7.02. The quantitative estimate of drug-likeness (QED) is 0.936. The number of hydrogen-bond acceptors (Lipinski definition) is 2. The second-order valence-corrected chi connectivity index (χ2v) is 5.24. The molecule has 1 aliphatic heterocycles. The van der Waals surface area contributed by atoms with Crippen molar-refractivity contribution in [2.45, 2.75) is 25.4 Å². The number of benzene rings is 2. The van der Waals surface area contributed by atoms with E-state index in [0.29, 0.717) is 17.9 Å². The molecule has 110 valence electrons. The van der Waals surface area contributed by atoms with Gasteiger partial charge in [0.2, 0.25) is 0 Å². The third-order valence-electron chi connectivity index (χ3n) is 3.75. The molecule has 0 amide bonds. The maximum absolute atomic E-state index is 13.7. The maximum atomic E-state index is 13.7. The van der Waals surface area contributed by atoms with E-state index in [-0.39, 0.29) is 12.0 Å². The molecule has 0 fully saturated rings. The predicted molar refractivity (Wildman–Crippen MR) is 75.3 cm³/mol. The number of para-hydroxylation sites is 1. The van der Waals surface area contributed by atoms with E-state index in [2.05, 4.69) is 0 Å². The fraction of sp³-hybridized carbons (Fsp3) is 0.294. The average Bonchev–Trinajstić information content (AvgIpc) is 2.49. The van der Waals surface area contributed by atoms with Crippen LogP contribution in [0.25, 0.3) is 0 Å². The number of halogens is 2. The third-order valence-corrected chi connectivity index (χ3v) is 3.75. The van der Waals surface area contributed by atoms with E-state index < -0.39 is 17.7 Å². The van der Waals surface area contributed by atoms with Crippen LogP contribution in [0.3, 0.4) is 0 Å². The Bertz CT molecular complexity index is 655. The second-order valence-electron chi connectivity index (χ2n) is 5.24. The minimum Gasteiger partial charge on any atom is -0.493 e. The van der Waals surface area contributed by atoms with Crippen LogP contribution in [0.4, 0.5) is 8.78 Å². The van der Waals surface area contributed by atoms with Gasteiger partial charge in [-0.1, -0.05) is 24.3 Å². The average molecular weight is 290 g/mol. The lowest BCUT2D eigenvalue weighted by atomic mass is 9.95. The molecule has 1 atom stereocenters. The van der Waals surface area contributed by atoms with E-state index in [1.807, 2.05) is 12.1 Å². The molecule has 0 spiro atoms. The molecule has 1 heterocycles. The van der Waals surface area contributed by atoms with Gasteiger partial charge in [-0.25, -0.2) is 8.78 Å². The van der Waals surface area contributed by atoms with Crippen molar-refractivity contribution in [2.24, 2.45) is 0 Å². The summed E-state index contributed by atoms with van der Waals surface area (Å²) in [7, 11) is 0. The molecule has 2 aromatic rings. The molecule has 1 aliphatic rings. The molecule has 0 saturated heterocycles. The summed E-state index contributed by atoms with van der Waals surface area (Å²) in [6.45, 7) is 0.627. The van der Waals surface area contributed by atoms with Crippen molar-refractivity contribution in [1.82, 2.24) is 0 Å². The van der Waals surface area contributed by atoms with Crippen LogP contribution in [0, 0.1) is 11.6 Å². The van der Waals surface area contributed by atoms with Gasteiger partial charge in [0.25, 0.3) is 0 Å². The van der Waals surface area contributed by atoms with E-state index in [1.165, 1.54) is 12.1 Å². The van der Waals surface area contributed by atoms with E-state index in [0.717, 1.165) is 24.5 Å². The van der Waals surface area contributed by atoms with Crippen LogP contribution >= 0.6 is 0 Å². The van der Waals surface area contributed by atoms with Gasteiger partial charge in [0.1, 0.15) is 17.4 Å². The van der Waals surface area contributed by atoms with Crippen LogP contribution in [0.5, 0.6) is 5.75 Å². The SMILES string of the molecule is OC(Cc1ccc(F)cc1F)c1cccc2c1OCCC2. The Balaban J connectivity index is 1.87. The number of aryl methyl sites for hydroxylation is 1. The highest BCUT2D eigenvalue weighted by Crippen LogP contribution is 2.34. The normalized spacial score (nSPS) is 15.2. The zero-order valence-corrected chi connectivity index (χ0v) is 11.5. The van der Waals surface area contributed by atoms with Crippen LogP contribution in [0.15, 0.2) is 36.4 Å². The summed E-state index contributed by atoms with van der Waals surface area (Å²) in [6.07, 6.45) is 1.09. The molecule has 2 nitrogen and oxygen atoms in total. The number of fused-ring (bicyclic) bond motifs is 1. The van der Waals surface area contributed by atoms with E-state index >= 15 is 0 Å². The van der Waals surface area contributed by atoms with Gasteiger partial charge >= 0.3 is 0 Å². The van der Waals surface area contributed by atoms with Crippen molar-refractivity contribution >= 4 is 0 Å². The summed E-state index contributed by atoms with van der Waals surface area (Å²) in [6, 6.07) is 9.03. The van der Waals surface area contributed by atoms with Crippen LogP contribution in [-0.2, 0) is 12.8 Å². The highest BCUT2D eigenvalue weighted by atomic mass is 19.1. The van der Waals surface area contributed by atoms with Crippen LogP contribution in [0.1, 0.15) is 29.2 Å². The lowest BCUT2D eigenvalue weighted by molar-refractivity contribution is 0.168. The lowest BCUT2D eigenvalue weighted by Gasteiger charge is -2.23. The molecule has 3 rings (SSSR count). The molecule has 21 heavy (non-hydrogen) atoms. The number of aliphatic hydroxyl groups is 1. The lowest BCUT2D eigenvalue weighted by Crippen LogP contribution is -2.13. The van der Waals surface area contributed by atoms with Crippen LogP contribution in [-0.4, -0.2) is 11.7 Å².